The third kappa shape index (κ3) is 5.32. The molecule has 0 radical (unpaired) electrons. The summed E-state index contributed by atoms with van der Waals surface area (Å²) < 4.78 is 10.0. The van der Waals surface area contributed by atoms with Crippen LogP contribution in [0.2, 0.25) is 0 Å². The molecule has 0 fully saturated rings. The van der Waals surface area contributed by atoms with Gasteiger partial charge in [-0.1, -0.05) is 0 Å². The Kier molecular flexibility index (Phi) is 7.32. The highest BCUT2D eigenvalue weighted by atomic mass is 32.1. The first-order valence-corrected chi connectivity index (χ1v) is 9.38. The van der Waals surface area contributed by atoms with Gasteiger partial charge in [-0.05, 0) is 50.1 Å². The van der Waals surface area contributed by atoms with E-state index >= 15 is 0 Å². The maximum absolute atomic E-state index is 12.2. The molecule has 0 unspecified atom stereocenters. The lowest BCUT2D eigenvalue weighted by Crippen LogP contribution is -2.24. The predicted molar refractivity (Wildman–Crippen MR) is 109 cm³/mol. The van der Waals surface area contributed by atoms with Gasteiger partial charge in [-0.25, -0.2) is 15.0 Å². The summed E-state index contributed by atoms with van der Waals surface area (Å²) in [6, 6.07) is 3.86. The number of urea groups is 1. The van der Waals surface area contributed by atoms with Crippen LogP contribution in [0.1, 0.15) is 45.0 Å². The summed E-state index contributed by atoms with van der Waals surface area (Å²) in [5.41, 5.74) is 3.45. The molecular formula is C19H21N3O6S. The van der Waals surface area contributed by atoms with Crippen molar-refractivity contribution in [3.63, 3.8) is 0 Å². The van der Waals surface area contributed by atoms with E-state index in [9.17, 15) is 19.5 Å². The van der Waals surface area contributed by atoms with Crippen LogP contribution in [0.4, 0.5) is 9.80 Å². The minimum absolute atomic E-state index is 0.0174. The first-order chi connectivity index (χ1) is 13.8. The number of phenolic OH excluding ortho intramolecular Hbond substituents is 1. The molecular weight excluding hydrogens is 398 g/mol. The number of carbonyl (C=O) groups excluding carboxylic acids is 3. The summed E-state index contributed by atoms with van der Waals surface area (Å²) in [5.74, 6) is -0.589. The summed E-state index contributed by atoms with van der Waals surface area (Å²) >= 11 is 0.995. The van der Waals surface area contributed by atoms with Gasteiger partial charge in [0.15, 0.2) is 17.3 Å². The third-order valence-electron chi connectivity index (χ3n) is 3.76. The van der Waals surface area contributed by atoms with Crippen LogP contribution in [0.5, 0.6) is 11.5 Å². The van der Waals surface area contributed by atoms with Crippen molar-refractivity contribution < 1.29 is 29.0 Å². The molecule has 154 valence electrons. The molecule has 0 saturated carbocycles. The number of hydrogen-bond acceptors (Lipinski definition) is 8. The number of hydrazone groups is 1. The molecule has 0 aliphatic heterocycles. The van der Waals surface area contributed by atoms with Gasteiger partial charge in [0.1, 0.15) is 5.00 Å². The van der Waals surface area contributed by atoms with Gasteiger partial charge in [0.05, 0.1) is 30.4 Å². The molecule has 0 bridgehead atoms. The second-order valence-electron chi connectivity index (χ2n) is 5.79. The summed E-state index contributed by atoms with van der Waals surface area (Å²) in [4.78, 5) is 36.5. The lowest BCUT2D eigenvalue weighted by atomic mass is 10.1. The van der Waals surface area contributed by atoms with Crippen LogP contribution in [0.25, 0.3) is 0 Å². The quantitative estimate of drug-likeness (QED) is 0.274. The Hall–Kier alpha value is -3.40. The number of aromatic hydroxyl groups is 1. The lowest BCUT2D eigenvalue weighted by molar-refractivity contribution is 0.0527. The normalized spacial score (nSPS) is 10.6. The SMILES string of the molecule is CCOC(=O)c1c(NC(=O)N/N=C/c2ccc(O)c(OC)c2)sc(C(C)=O)c1C. The van der Waals surface area contributed by atoms with Gasteiger partial charge < -0.3 is 14.6 Å². The van der Waals surface area contributed by atoms with Crippen molar-refractivity contribution in [1.29, 1.82) is 0 Å². The van der Waals surface area contributed by atoms with Crippen molar-refractivity contribution in [1.82, 2.24) is 5.43 Å². The molecule has 0 aliphatic rings. The summed E-state index contributed by atoms with van der Waals surface area (Å²) in [6.45, 7) is 4.83. The Morgan fingerprint density at radius 3 is 2.66 bits per heavy atom. The molecule has 2 rings (SSSR count). The zero-order valence-corrected chi connectivity index (χ0v) is 17.2. The van der Waals surface area contributed by atoms with Crippen LogP contribution < -0.4 is 15.5 Å². The minimum atomic E-state index is -0.700. The van der Waals surface area contributed by atoms with Crippen molar-refractivity contribution >= 4 is 40.3 Å². The average molecular weight is 419 g/mol. The Bertz CT molecular complexity index is 967. The number of amides is 2. The highest BCUT2D eigenvalue weighted by Crippen LogP contribution is 2.34. The summed E-state index contributed by atoms with van der Waals surface area (Å²) in [7, 11) is 1.42. The number of Topliss-reactive ketones (excluding diaryl/α,β-unsaturated/α-hetero) is 1. The number of nitrogens with one attached hydrogen (secondary N) is 2. The van der Waals surface area contributed by atoms with Crippen LogP contribution in [0.15, 0.2) is 23.3 Å². The van der Waals surface area contributed by atoms with Crippen LogP contribution in [0, 0.1) is 6.92 Å². The number of phenols is 1. The van der Waals surface area contributed by atoms with E-state index in [1.54, 1.807) is 26.0 Å². The molecule has 3 N–H and O–H groups in total. The van der Waals surface area contributed by atoms with Crippen LogP contribution >= 0.6 is 11.3 Å². The van der Waals surface area contributed by atoms with E-state index in [0.717, 1.165) is 11.3 Å². The van der Waals surface area contributed by atoms with Crippen molar-refractivity contribution in [2.45, 2.75) is 20.8 Å². The fraction of sp³-hybridized carbons (Fsp3) is 0.263. The molecule has 1 heterocycles. The summed E-state index contributed by atoms with van der Waals surface area (Å²) in [6.07, 6.45) is 1.36. The number of esters is 1. The Morgan fingerprint density at radius 1 is 1.31 bits per heavy atom. The van der Waals surface area contributed by atoms with Crippen molar-refractivity contribution in [2.24, 2.45) is 5.10 Å². The molecule has 9 nitrogen and oxygen atoms in total. The van der Waals surface area contributed by atoms with Gasteiger partial charge in [-0.15, -0.1) is 11.3 Å². The molecule has 0 spiro atoms. The number of methoxy groups -OCH3 is 1. The number of rotatable bonds is 7. The third-order valence-corrected chi connectivity index (χ3v) is 5.06. The molecule has 0 aliphatic carbocycles. The van der Waals surface area contributed by atoms with Gasteiger partial charge in [0, 0.05) is 0 Å². The molecule has 2 aromatic rings. The number of anilines is 1. The summed E-state index contributed by atoms with van der Waals surface area (Å²) in [5, 5.41) is 16.1. The van der Waals surface area contributed by atoms with Gasteiger partial charge in [-0.3, -0.25) is 10.1 Å². The average Bonchev–Trinajstić information content (AvgIpc) is 2.99. The predicted octanol–water partition coefficient (Wildman–Crippen LogP) is 3.31. The molecule has 1 aromatic carbocycles. The standard InChI is InChI=1S/C19H21N3O6S/c1-5-28-18(25)15-10(2)16(11(3)23)29-17(15)21-19(26)22-20-9-12-6-7-13(24)14(8-12)27-4/h6-9,24H,5H2,1-4H3,(H2,21,22,26)/b20-9+. The number of thiophene rings is 1. The fourth-order valence-electron chi connectivity index (χ4n) is 2.46. The smallest absolute Gasteiger partial charge is 0.341 e. The van der Waals surface area contributed by atoms with Crippen LogP contribution in [-0.2, 0) is 4.74 Å². The van der Waals surface area contributed by atoms with E-state index in [4.69, 9.17) is 9.47 Å². The van der Waals surface area contributed by atoms with Crippen molar-refractivity contribution in [2.75, 3.05) is 19.0 Å². The minimum Gasteiger partial charge on any atom is -0.504 e. The maximum Gasteiger partial charge on any atom is 0.341 e. The lowest BCUT2D eigenvalue weighted by Gasteiger charge is -2.06. The molecule has 1 aromatic heterocycles. The van der Waals surface area contributed by atoms with E-state index in [-0.39, 0.29) is 34.5 Å². The molecule has 0 saturated heterocycles. The van der Waals surface area contributed by atoms with E-state index in [0.29, 0.717) is 16.0 Å². The highest BCUT2D eigenvalue weighted by molar-refractivity contribution is 7.18. The molecule has 10 heteroatoms. The topological polar surface area (TPSA) is 126 Å². The van der Waals surface area contributed by atoms with Gasteiger partial charge in [0.2, 0.25) is 0 Å². The first-order valence-electron chi connectivity index (χ1n) is 8.57. The largest absolute Gasteiger partial charge is 0.504 e. The zero-order valence-electron chi connectivity index (χ0n) is 16.4. The van der Waals surface area contributed by atoms with E-state index in [1.807, 2.05) is 0 Å². The Morgan fingerprint density at radius 2 is 2.03 bits per heavy atom. The molecule has 2 amide bonds. The number of ketones is 1. The molecule has 29 heavy (non-hydrogen) atoms. The van der Waals surface area contributed by atoms with Gasteiger partial charge in [-0.2, -0.15) is 5.10 Å². The van der Waals surface area contributed by atoms with Gasteiger partial charge in [0.25, 0.3) is 0 Å². The van der Waals surface area contributed by atoms with Crippen LogP contribution in [-0.4, -0.2) is 42.8 Å². The first kappa shape index (κ1) is 21.9. The second kappa shape index (κ2) is 9.69. The molecule has 0 atom stereocenters. The van der Waals surface area contributed by atoms with Gasteiger partial charge >= 0.3 is 12.0 Å². The number of carbonyl (C=O) groups is 3. The van der Waals surface area contributed by atoms with E-state index < -0.39 is 12.0 Å². The Labute approximate surface area is 171 Å². The van der Waals surface area contributed by atoms with Crippen molar-refractivity contribution in [3.05, 3.63) is 39.8 Å². The number of nitrogens with zero attached hydrogens (tertiary/aromatic N) is 1. The highest BCUT2D eigenvalue weighted by Gasteiger charge is 2.25. The Balaban J connectivity index is 2.15. The monoisotopic (exact) mass is 419 g/mol. The van der Waals surface area contributed by atoms with E-state index in [1.165, 1.54) is 26.3 Å². The van der Waals surface area contributed by atoms with E-state index in [2.05, 4.69) is 15.8 Å². The number of hydrogen-bond donors (Lipinski definition) is 3. The number of ether oxygens (including phenoxy) is 2. The fourth-order valence-corrected chi connectivity index (χ4v) is 3.54. The zero-order chi connectivity index (χ0) is 21.6. The maximum atomic E-state index is 12.2. The second-order valence-corrected chi connectivity index (χ2v) is 6.81. The van der Waals surface area contributed by atoms with Crippen LogP contribution in [0.3, 0.4) is 0 Å². The number of benzene rings is 1. The van der Waals surface area contributed by atoms with Crippen molar-refractivity contribution in [3.8, 4) is 11.5 Å².